The Balaban J connectivity index is 1.69. The van der Waals surface area contributed by atoms with Crippen LogP contribution in [0, 0.1) is 12.7 Å². The van der Waals surface area contributed by atoms with Gasteiger partial charge in [0, 0.05) is 17.2 Å². The molecule has 0 aliphatic heterocycles. The molecule has 0 saturated heterocycles. The highest BCUT2D eigenvalue weighted by molar-refractivity contribution is 7.15. The number of aromatic nitrogens is 1. The van der Waals surface area contributed by atoms with Gasteiger partial charge in [-0.3, -0.25) is 10.1 Å². The standard InChI is InChI=1S/C17H13FN2O2S/c1-11-10-19-17(23-11)20-16(21)9-7-12-6-8-15(22-12)13-4-2-3-5-14(13)18/h2-10H,1H3,(H,19,20,21)/b9-7+. The molecule has 1 amide bonds. The maximum absolute atomic E-state index is 13.7. The molecule has 0 spiro atoms. The maximum Gasteiger partial charge on any atom is 0.250 e. The van der Waals surface area contributed by atoms with E-state index >= 15 is 0 Å². The second kappa shape index (κ2) is 6.58. The number of aryl methyl sites for hydroxylation is 1. The van der Waals surface area contributed by atoms with Gasteiger partial charge in [-0.2, -0.15) is 0 Å². The lowest BCUT2D eigenvalue weighted by Gasteiger charge is -1.98. The minimum atomic E-state index is -0.353. The number of furan rings is 1. The molecule has 0 atom stereocenters. The van der Waals surface area contributed by atoms with E-state index in [2.05, 4.69) is 10.3 Å². The fraction of sp³-hybridized carbons (Fsp3) is 0.0588. The number of rotatable bonds is 4. The van der Waals surface area contributed by atoms with E-state index in [1.54, 1.807) is 36.5 Å². The van der Waals surface area contributed by atoms with Crippen LogP contribution in [0.3, 0.4) is 0 Å². The van der Waals surface area contributed by atoms with Gasteiger partial charge in [0.1, 0.15) is 17.3 Å². The largest absolute Gasteiger partial charge is 0.457 e. The average Bonchev–Trinajstić information content (AvgIpc) is 3.15. The predicted octanol–water partition coefficient (Wildman–Crippen LogP) is 4.50. The number of carbonyl (C=O) groups excluding carboxylic acids is 1. The van der Waals surface area contributed by atoms with Crippen molar-refractivity contribution in [2.45, 2.75) is 6.92 Å². The van der Waals surface area contributed by atoms with Crippen LogP contribution in [0.2, 0.25) is 0 Å². The highest BCUT2D eigenvalue weighted by atomic mass is 32.1. The Morgan fingerprint density at radius 1 is 1.30 bits per heavy atom. The Hall–Kier alpha value is -2.73. The number of nitrogens with one attached hydrogen (secondary N) is 1. The summed E-state index contributed by atoms with van der Waals surface area (Å²) >= 11 is 1.40. The predicted molar refractivity (Wildman–Crippen MR) is 88.6 cm³/mol. The van der Waals surface area contributed by atoms with Gasteiger partial charge >= 0.3 is 0 Å². The maximum atomic E-state index is 13.7. The number of amides is 1. The normalized spacial score (nSPS) is 11.0. The smallest absolute Gasteiger partial charge is 0.250 e. The highest BCUT2D eigenvalue weighted by Crippen LogP contribution is 2.25. The SMILES string of the molecule is Cc1cnc(NC(=O)/C=C/c2ccc(-c3ccccc3F)o2)s1. The third-order valence-electron chi connectivity index (χ3n) is 3.02. The first-order valence-electron chi connectivity index (χ1n) is 6.88. The van der Waals surface area contributed by atoms with Crippen molar-refractivity contribution in [3.63, 3.8) is 0 Å². The molecule has 1 N–H and O–H groups in total. The summed E-state index contributed by atoms with van der Waals surface area (Å²) in [6.45, 7) is 1.91. The van der Waals surface area contributed by atoms with E-state index in [-0.39, 0.29) is 11.7 Å². The van der Waals surface area contributed by atoms with E-state index in [4.69, 9.17) is 4.42 Å². The van der Waals surface area contributed by atoms with Crippen LogP contribution in [0.4, 0.5) is 9.52 Å². The van der Waals surface area contributed by atoms with Gasteiger partial charge in [-0.1, -0.05) is 12.1 Å². The lowest BCUT2D eigenvalue weighted by molar-refractivity contribution is -0.111. The molecule has 3 aromatic rings. The van der Waals surface area contributed by atoms with E-state index in [0.717, 1.165) is 4.88 Å². The Morgan fingerprint density at radius 3 is 2.87 bits per heavy atom. The molecular weight excluding hydrogens is 315 g/mol. The van der Waals surface area contributed by atoms with E-state index in [0.29, 0.717) is 22.2 Å². The second-order valence-corrected chi connectivity index (χ2v) is 6.02. The molecule has 0 radical (unpaired) electrons. The average molecular weight is 328 g/mol. The summed E-state index contributed by atoms with van der Waals surface area (Å²) in [7, 11) is 0. The van der Waals surface area contributed by atoms with E-state index < -0.39 is 0 Å². The Kier molecular flexibility index (Phi) is 4.34. The fourth-order valence-corrected chi connectivity index (χ4v) is 2.63. The highest BCUT2D eigenvalue weighted by Gasteiger charge is 2.08. The minimum Gasteiger partial charge on any atom is -0.457 e. The van der Waals surface area contributed by atoms with Crippen molar-refractivity contribution in [2.75, 3.05) is 5.32 Å². The first-order chi connectivity index (χ1) is 11.1. The van der Waals surface area contributed by atoms with Crippen molar-refractivity contribution in [1.29, 1.82) is 0 Å². The number of hydrogen-bond acceptors (Lipinski definition) is 4. The number of anilines is 1. The van der Waals surface area contributed by atoms with Crippen molar-refractivity contribution in [1.82, 2.24) is 4.98 Å². The molecule has 0 aliphatic rings. The number of carbonyl (C=O) groups is 1. The Labute approximate surface area is 136 Å². The van der Waals surface area contributed by atoms with Crippen molar-refractivity contribution in [3.05, 3.63) is 65.1 Å². The third kappa shape index (κ3) is 3.73. The lowest BCUT2D eigenvalue weighted by Crippen LogP contribution is -2.06. The molecule has 3 rings (SSSR count). The van der Waals surface area contributed by atoms with Crippen LogP contribution in [0.1, 0.15) is 10.6 Å². The van der Waals surface area contributed by atoms with Crippen molar-refractivity contribution < 1.29 is 13.6 Å². The number of hydrogen-bond donors (Lipinski definition) is 1. The molecule has 0 aliphatic carbocycles. The Morgan fingerprint density at radius 2 is 2.13 bits per heavy atom. The first kappa shape index (κ1) is 15.2. The summed E-state index contributed by atoms with van der Waals surface area (Å²) in [5.74, 6) is 0.227. The summed E-state index contributed by atoms with van der Waals surface area (Å²) in [6.07, 6.45) is 4.57. The van der Waals surface area contributed by atoms with Gasteiger partial charge in [0.2, 0.25) is 5.91 Å². The van der Waals surface area contributed by atoms with Gasteiger partial charge in [0.15, 0.2) is 5.13 Å². The van der Waals surface area contributed by atoms with Gasteiger partial charge < -0.3 is 4.42 Å². The minimum absolute atomic E-state index is 0.303. The quantitative estimate of drug-likeness (QED) is 0.717. The van der Waals surface area contributed by atoms with Crippen LogP contribution >= 0.6 is 11.3 Å². The zero-order chi connectivity index (χ0) is 16.2. The molecule has 4 nitrogen and oxygen atoms in total. The first-order valence-corrected chi connectivity index (χ1v) is 7.70. The third-order valence-corrected chi connectivity index (χ3v) is 3.84. The molecule has 0 fully saturated rings. The van der Waals surface area contributed by atoms with E-state index in [9.17, 15) is 9.18 Å². The van der Waals surface area contributed by atoms with Gasteiger partial charge in [0.25, 0.3) is 0 Å². The summed E-state index contributed by atoms with van der Waals surface area (Å²) in [6, 6.07) is 9.71. The molecule has 116 valence electrons. The van der Waals surface area contributed by atoms with Crippen molar-refractivity contribution >= 4 is 28.5 Å². The second-order valence-electron chi connectivity index (χ2n) is 4.78. The van der Waals surface area contributed by atoms with Crippen LogP contribution in [0.5, 0.6) is 0 Å². The molecule has 1 aromatic carbocycles. The van der Waals surface area contributed by atoms with Crippen LogP contribution in [0.15, 0.2) is 53.1 Å². The molecule has 0 saturated carbocycles. The van der Waals surface area contributed by atoms with Crippen LogP contribution in [-0.4, -0.2) is 10.9 Å². The zero-order valence-electron chi connectivity index (χ0n) is 12.2. The summed E-state index contributed by atoms with van der Waals surface area (Å²) in [5, 5.41) is 3.21. The topological polar surface area (TPSA) is 55.1 Å². The van der Waals surface area contributed by atoms with Crippen LogP contribution in [-0.2, 0) is 4.79 Å². The van der Waals surface area contributed by atoms with Crippen LogP contribution in [0.25, 0.3) is 17.4 Å². The van der Waals surface area contributed by atoms with Gasteiger partial charge in [-0.25, -0.2) is 9.37 Å². The van der Waals surface area contributed by atoms with Gasteiger partial charge in [-0.15, -0.1) is 11.3 Å². The molecule has 2 aromatic heterocycles. The molecule has 6 heteroatoms. The summed E-state index contributed by atoms with van der Waals surface area (Å²) in [4.78, 5) is 16.9. The van der Waals surface area contributed by atoms with Crippen molar-refractivity contribution in [3.8, 4) is 11.3 Å². The van der Waals surface area contributed by atoms with E-state index in [1.165, 1.54) is 29.6 Å². The molecule has 0 unspecified atom stereocenters. The molecular formula is C17H13FN2O2S. The number of benzene rings is 1. The molecule has 0 bridgehead atoms. The zero-order valence-corrected chi connectivity index (χ0v) is 13.1. The van der Waals surface area contributed by atoms with Gasteiger partial charge in [0.05, 0.1) is 5.56 Å². The van der Waals surface area contributed by atoms with Gasteiger partial charge in [-0.05, 0) is 37.3 Å². The lowest BCUT2D eigenvalue weighted by atomic mass is 10.1. The monoisotopic (exact) mass is 328 g/mol. The number of halogens is 1. The molecule has 23 heavy (non-hydrogen) atoms. The summed E-state index contributed by atoms with van der Waals surface area (Å²) in [5.41, 5.74) is 0.384. The molecule has 2 heterocycles. The number of nitrogens with zero attached hydrogens (tertiary/aromatic N) is 1. The van der Waals surface area contributed by atoms with E-state index in [1.807, 2.05) is 6.92 Å². The summed E-state index contributed by atoms with van der Waals surface area (Å²) < 4.78 is 19.2. The fourth-order valence-electron chi connectivity index (χ4n) is 1.97. The Bertz CT molecular complexity index is 867. The van der Waals surface area contributed by atoms with Crippen molar-refractivity contribution in [2.24, 2.45) is 0 Å². The van der Waals surface area contributed by atoms with Crippen LogP contribution < -0.4 is 5.32 Å². The number of thiazole rings is 1.